The van der Waals surface area contributed by atoms with Crippen LogP contribution < -0.4 is 0 Å². The van der Waals surface area contributed by atoms with Crippen molar-refractivity contribution in [1.29, 1.82) is 0 Å². The predicted molar refractivity (Wildman–Crippen MR) is 115 cm³/mol. The summed E-state index contributed by atoms with van der Waals surface area (Å²) in [4.78, 5) is 33.4. The number of rotatable bonds is 6. The molecule has 150 valence electrons. The average Bonchev–Trinajstić information content (AvgIpc) is 3.42. The van der Waals surface area contributed by atoms with E-state index in [1.165, 1.54) is 11.3 Å². The normalized spacial score (nSPS) is 19.0. The van der Waals surface area contributed by atoms with Gasteiger partial charge in [-0.15, -0.1) is 11.3 Å². The van der Waals surface area contributed by atoms with E-state index in [1.54, 1.807) is 11.1 Å². The Kier molecular flexibility index (Phi) is 5.25. The van der Waals surface area contributed by atoms with E-state index in [0.29, 0.717) is 12.1 Å². The number of benzene rings is 1. The molecular formula is C22H23N3O3S. The summed E-state index contributed by atoms with van der Waals surface area (Å²) >= 11 is 1.48. The van der Waals surface area contributed by atoms with E-state index in [1.807, 2.05) is 60.8 Å². The van der Waals surface area contributed by atoms with Crippen LogP contribution in [0.15, 0.2) is 53.5 Å². The highest BCUT2D eigenvalue weighted by Gasteiger charge is 2.46. The quantitative estimate of drug-likeness (QED) is 0.370. The molecule has 1 aliphatic rings. The number of aliphatic hydroxyl groups is 1. The molecule has 4 rings (SSSR count). The molecule has 1 amide bonds. The standard InChI is InChI=1S/C22H23N3O3S/c1-24(2)10-6-11-25-19(17-9-5-12-29-17)18(21(27)22(25)28)20(26)15-13-23-16-8-4-3-7-14(15)16/h3-5,7-9,12-13,19,23,26H,6,10-11H2,1-2H3/t19-/m1/s1. The molecule has 1 saturated heterocycles. The van der Waals surface area contributed by atoms with Crippen molar-refractivity contribution in [3.8, 4) is 0 Å². The SMILES string of the molecule is CN(C)CCCN1C(=O)C(=O)C(=C(O)c2c[nH]c3ccccc23)[C@H]1c1cccs1. The second-order valence-corrected chi connectivity index (χ2v) is 8.39. The van der Waals surface area contributed by atoms with E-state index >= 15 is 0 Å². The fourth-order valence-corrected chi connectivity index (χ4v) is 4.67. The molecule has 3 heterocycles. The van der Waals surface area contributed by atoms with Gasteiger partial charge in [0.15, 0.2) is 0 Å². The number of carbonyl (C=O) groups is 2. The molecule has 0 bridgehead atoms. The molecule has 1 aliphatic heterocycles. The number of aromatic nitrogens is 1. The number of nitrogens with one attached hydrogen (secondary N) is 1. The van der Waals surface area contributed by atoms with Gasteiger partial charge in [-0.3, -0.25) is 9.59 Å². The number of hydrogen-bond donors (Lipinski definition) is 2. The number of H-pyrrole nitrogens is 1. The lowest BCUT2D eigenvalue weighted by molar-refractivity contribution is -0.139. The average molecular weight is 410 g/mol. The van der Waals surface area contributed by atoms with Crippen molar-refractivity contribution in [3.63, 3.8) is 0 Å². The number of carbonyl (C=O) groups excluding carboxylic acids is 2. The highest BCUT2D eigenvalue weighted by atomic mass is 32.1. The Morgan fingerprint density at radius 2 is 2.00 bits per heavy atom. The van der Waals surface area contributed by atoms with Crippen LogP contribution >= 0.6 is 11.3 Å². The molecule has 1 aromatic carbocycles. The summed E-state index contributed by atoms with van der Waals surface area (Å²) in [6.07, 6.45) is 2.43. The molecule has 1 atom stereocenters. The van der Waals surface area contributed by atoms with Crippen molar-refractivity contribution >= 4 is 39.7 Å². The third kappa shape index (κ3) is 3.47. The van der Waals surface area contributed by atoms with Crippen LogP contribution in [-0.4, -0.2) is 58.8 Å². The molecular weight excluding hydrogens is 386 g/mol. The van der Waals surface area contributed by atoms with E-state index in [9.17, 15) is 14.7 Å². The smallest absolute Gasteiger partial charge is 0.295 e. The van der Waals surface area contributed by atoms with Crippen LogP contribution in [0.4, 0.5) is 0 Å². The van der Waals surface area contributed by atoms with Crippen molar-refractivity contribution in [2.45, 2.75) is 12.5 Å². The number of hydrogen-bond acceptors (Lipinski definition) is 5. The molecule has 0 aliphatic carbocycles. The molecule has 0 radical (unpaired) electrons. The van der Waals surface area contributed by atoms with Crippen molar-refractivity contribution in [1.82, 2.24) is 14.8 Å². The highest BCUT2D eigenvalue weighted by Crippen LogP contribution is 2.41. The van der Waals surface area contributed by atoms with Crippen LogP contribution in [0, 0.1) is 0 Å². The molecule has 29 heavy (non-hydrogen) atoms. The zero-order valence-electron chi connectivity index (χ0n) is 16.4. The molecule has 2 aromatic heterocycles. The summed E-state index contributed by atoms with van der Waals surface area (Å²) in [5.41, 5.74) is 1.56. The summed E-state index contributed by atoms with van der Waals surface area (Å²) in [5.74, 6) is -1.31. The summed E-state index contributed by atoms with van der Waals surface area (Å²) in [6, 6.07) is 10.8. The number of likely N-dealkylation sites (tertiary alicyclic amines) is 1. The van der Waals surface area contributed by atoms with Gasteiger partial charge in [-0.1, -0.05) is 24.3 Å². The third-order valence-corrected chi connectivity index (χ3v) is 6.13. The molecule has 6 nitrogen and oxygen atoms in total. The minimum atomic E-state index is -0.629. The zero-order valence-corrected chi connectivity index (χ0v) is 17.2. The summed E-state index contributed by atoms with van der Waals surface area (Å²) < 4.78 is 0. The van der Waals surface area contributed by atoms with Gasteiger partial charge in [-0.25, -0.2) is 0 Å². The second kappa shape index (κ2) is 7.85. The first-order valence-electron chi connectivity index (χ1n) is 9.52. The maximum absolute atomic E-state index is 13.0. The Morgan fingerprint density at radius 3 is 2.72 bits per heavy atom. The number of Topliss-reactive ketones (excluding diaryl/α,β-unsaturated/α-hetero) is 1. The van der Waals surface area contributed by atoms with Gasteiger partial charge in [0, 0.05) is 34.1 Å². The lowest BCUT2D eigenvalue weighted by Gasteiger charge is -2.24. The molecule has 0 spiro atoms. The Hall–Kier alpha value is -2.90. The van der Waals surface area contributed by atoms with Crippen LogP contribution in [0.3, 0.4) is 0 Å². The van der Waals surface area contributed by atoms with Crippen LogP contribution in [0.5, 0.6) is 0 Å². The molecule has 1 fully saturated rings. The summed E-state index contributed by atoms with van der Waals surface area (Å²) in [7, 11) is 3.95. The van der Waals surface area contributed by atoms with Crippen molar-refractivity contribution < 1.29 is 14.7 Å². The second-order valence-electron chi connectivity index (χ2n) is 7.41. The van der Waals surface area contributed by atoms with Crippen LogP contribution in [0.2, 0.25) is 0 Å². The van der Waals surface area contributed by atoms with E-state index in [0.717, 1.165) is 28.7 Å². The number of ketones is 1. The van der Waals surface area contributed by atoms with Crippen LogP contribution in [0.25, 0.3) is 16.7 Å². The lowest BCUT2D eigenvalue weighted by Crippen LogP contribution is -2.32. The van der Waals surface area contributed by atoms with Gasteiger partial charge in [-0.2, -0.15) is 0 Å². The van der Waals surface area contributed by atoms with E-state index in [4.69, 9.17) is 0 Å². The van der Waals surface area contributed by atoms with E-state index < -0.39 is 17.7 Å². The molecule has 2 N–H and O–H groups in total. The van der Waals surface area contributed by atoms with Gasteiger partial charge in [0.2, 0.25) is 0 Å². The Balaban J connectivity index is 1.81. The largest absolute Gasteiger partial charge is 0.507 e. The number of para-hydroxylation sites is 1. The van der Waals surface area contributed by atoms with Gasteiger partial charge < -0.3 is 19.9 Å². The topological polar surface area (TPSA) is 76.6 Å². The summed E-state index contributed by atoms with van der Waals surface area (Å²) in [5, 5.41) is 13.9. The number of thiophene rings is 1. The number of amides is 1. The monoisotopic (exact) mass is 409 g/mol. The number of aromatic amines is 1. The first-order chi connectivity index (χ1) is 14.0. The fourth-order valence-electron chi connectivity index (χ4n) is 3.82. The minimum absolute atomic E-state index is 0.130. The number of fused-ring (bicyclic) bond motifs is 1. The lowest BCUT2D eigenvalue weighted by atomic mass is 9.99. The third-order valence-electron chi connectivity index (χ3n) is 5.20. The van der Waals surface area contributed by atoms with Crippen molar-refractivity contribution in [2.24, 2.45) is 0 Å². The molecule has 7 heteroatoms. The van der Waals surface area contributed by atoms with Crippen molar-refractivity contribution in [2.75, 3.05) is 27.2 Å². The van der Waals surface area contributed by atoms with E-state index in [-0.39, 0.29) is 11.3 Å². The van der Waals surface area contributed by atoms with Gasteiger partial charge in [0.25, 0.3) is 11.7 Å². The molecule has 0 saturated carbocycles. The Morgan fingerprint density at radius 1 is 1.21 bits per heavy atom. The van der Waals surface area contributed by atoms with Gasteiger partial charge >= 0.3 is 0 Å². The summed E-state index contributed by atoms with van der Waals surface area (Å²) in [6.45, 7) is 1.26. The van der Waals surface area contributed by atoms with Crippen molar-refractivity contribution in [3.05, 3.63) is 64.0 Å². The number of aliphatic hydroxyl groups excluding tert-OH is 1. The predicted octanol–water partition coefficient (Wildman–Crippen LogP) is 3.60. The Labute approximate surface area is 173 Å². The zero-order chi connectivity index (χ0) is 20.5. The van der Waals surface area contributed by atoms with Gasteiger partial charge in [0.1, 0.15) is 5.76 Å². The molecule has 0 unspecified atom stereocenters. The highest BCUT2D eigenvalue weighted by molar-refractivity contribution is 7.10. The van der Waals surface area contributed by atoms with Crippen LogP contribution in [0.1, 0.15) is 22.9 Å². The minimum Gasteiger partial charge on any atom is -0.507 e. The van der Waals surface area contributed by atoms with Crippen LogP contribution in [-0.2, 0) is 9.59 Å². The van der Waals surface area contributed by atoms with E-state index in [2.05, 4.69) is 4.98 Å². The van der Waals surface area contributed by atoms with Gasteiger partial charge in [0.05, 0.1) is 11.6 Å². The maximum Gasteiger partial charge on any atom is 0.295 e. The number of nitrogens with zero attached hydrogens (tertiary/aromatic N) is 2. The fraction of sp³-hybridized carbons (Fsp3) is 0.273. The first kappa shape index (κ1) is 19.4. The maximum atomic E-state index is 13.0. The molecule has 3 aromatic rings. The first-order valence-corrected chi connectivity index (χ1v) is 10.4. The Bertz CT molecular complexity index is 1080. The van der Waals surface area contributed by atoms with Gasteiger partial charge in [-0.05, 0) is 44.6 Å².